The maximum Gasteiger partial charge on any atom is 0.264 e. The first kappa shape index (κ1) is 31.5. The van der Waals surface area contributed by atoms with E-state index in [1.807, 2.05) is 65.6 Å². The van der Waals surface area contributed by atoms with Gasteiger partial charge in [-0.25, -0.2) is 0 Å². The van der Waals surface area contributed by atoms with Gasteiger partial charge in [0.1, 0.15) is 5.75 Å². The number of nitrogens with one attached hydrogen (secondary N) is 1. The van der Waals surface area contributed by atoms with Crippen molar-refractivity contribution in [1.29, 1.82) is 0 Å². The molecule has 6 rings (SSSR count). The standard InChI is InChI=1S/C37H41N3O5Si/c1-24-34(46(3,4)30-19-17-29(44-2)18-20-30)33(21-22-41)45-37(24)31-7-5-6-8-32(31)40(36(37)43)23-25-9-15-28(16-10-25)39-35(42)26-11-13-27(38)14-12-26/h5-20,24,33-34,41H,21-23,38H2,1-4H3,(H,39,42)/t24-,33+,34-,37+/m1/s1. The van der Waals surface area contributed by atoms with Crippen molar-refractivity contribution in [3.8, 4) is 5.75 Å². The summed E-state index contributed by atoms with van der Waals surface area (Å²) in [6, 6.07) is 30.5. The van der Waals surface area contributed by atoms with Gasteiger partial charge in [-0.3, -0.25) is 9.59 Å². The summed E-state index contributed by atoms with van der Waals surface area (Å²) in [5.41, 5.74) is 9.09. The van der Waals surface area contributed by atoms with Crippen LogP contribution in [0.3, 0.4) is 0 Å². The summed E-state index contributed by atoms with van der Waals surface area (Å²) >= 11 is 0. The maximum absolute atomic E-state index is 14.7. The minimum Gasteiger partial charge on any atom is -0.497 e. The van der Waals surface area contributed by atoms with E-state index >= 15 is 0 Å². The van der Waals surface area contributed by atoms with Crippen LogP contribution in [0.25, 0.3) is 0 Å². The van der Waals surface area contributed by atoms with Gasteiger partial charge in [0.25, 0.3) is 11.8 Å². The average molecular weight is 636 g/mol. The number of carbonyl (C=O) groups is 2. The van der Waals surface area contributed by atoms with Crippen molar-refractivity contribution in [2.45, 2.75) is 50.2 Å². The molecule has 2 heterocycles. The summed E-state index contributed by atoms with van der Waals surface area (Å²) in [7, 11) is -0.574. The Kier molecular flexibility index (Phi) is 8.50. The summed E-state index contributed by atoms with van der Waals surface area (Å²) in [6.45, 7) is 7.15. The highest BCUT2D eigenvalue weighted by Crippen LogP contribution is 2.60. The molecular formula is C37H41N3O5Si. The first-order valence-electron chi connectivity index (χ1n) is 15.7. The number of hydrogen-bond donors (Lipinski definition) is 3. The summed E-state index contributed by atoms with van der Waals surface area (Å²) in [5, 5.41) is 14.3. The number of anilines is 3. The van der Waals surface area contributed by atoms with Crippen molar-refractivity contribution < 1.29 is 24.2 Å². The molecule has 2 aliphatic heterocycles. The summed E-state index contributed by atoms with van der Waals surface area (Å²) in [6.07, 6.45) is 0.187. The normalized spacial score (nSPS) is 22.2. The van der Waals surface area contributed by atoms with Gasteiger partial charge >= 0.3 is 0 Å². The van der Waals surface area contributed by atoms with E-state index in [1.54, 1.807) is 31.4 Å². The van der Waals surface area contributed by atoms with Crippen LogP contribution >= 0.6 is 0 Å². The molecule has 46 heavy (non-hydrogen) atoms. The summed E-state index contributed by atoms with van der Waals surface area (Å²) in [5.74, 6) is 0.378. The number of nitrogens with zero attached hydrogens (tertiary/aromatic N) is 1. The molecule has 8 nitrogen and oxygen atoms in total. The molecule has 4 atom stereocenters. The van der Waals surface area contributed by atoms with Gasteiger partial charge < -0.3 is 30.5 Å². The number of nitrogens with two attached hydrogens (primary N) is 1. The quantitative estimate of drug-likeness (QED) is 0.161. The van der Waals surface area contributed by atoms with E-state index in [9.17, 15) is 14.7 Å². The second-order valence-electron chi connectivity index (χ2n) is 12.9. The van der Waals surface area contributed by atoms with Crippen LogP contribution in [0.1, 0.15) is 34.8 Å². The lowest BCUT2D eigenvalue weighted by molar-refractivity contribution is -0.146. The lowest BCUT2D eigenvalue weighted by atomic mass is 9.82. The fraction of sp³-hybridized carbons (Fsp3) is 0.297. The number of methoxy groups -OCH3 is 1. The minimum absolute atomic E-state index is 0.0160. The van der Waals surface area contributed by atoms with Gasteiger partial charge in [0.15, 0.2) is 5.60 Å². The lowest BCUT2D eigenvalue weighted by Gasteiger charge is -2.37. The van der Waals surface area contributed by atoms with Crippen LogP contribution in [0.4, 0.5) is 17.1 Å². The van der Waals surface area contributed by atoms with Gasteiger partial charge in [0.05, 0.1) is 33.5 Å². The number of para-hydroxylation sites is 1. The van der Waals surface area contributed by atoms with Gasteiger partial charge in [-0.05, 0) is 72.1 Å². The van der Waals surface area contributed by atoms with Crippen molar-refractivity contribution in [2.75, 3.05) is 29.7 Å². The van der Waals surface area contributed by atoms with Crippen molar-refractivity contribution >= 4 is 42.1 Å². The third-order valence-electron chi connectivity index (χ3n) is 9.88. The third kappa shape index (κ3) is 5.38. The van der Waals surface area contributed by atoms with Crippen LogP contribution < -0.4 is 25.9 Å². The van der Waals surface area contributed by atoms with E-state index in [4.69, 9.17) is 15.2 Å². The molecule has 4 N–H and O–H groups in total. The number of hydrogen-bond acceptors (Lipinski definition) is 6. The zero-order chi connectivity index (χ0) is 32.6. The second-order valence-corrected chi connectivity index (χ2v) is 17.5. The molecule has 0 bridgehead atoms. The van der Waals surface area contributed by atoms with Crippen molar-refractivity contribution in [2.24, 2.45) is 5.92 Å². The molecule has 0 aromatic heterocycles. The average Bonchev–Trinajstić information content (AvgIpc) is 3.49. The Bertz CT molecular complexity index is 1730. The number of amides is 2. The van der Waals surface area contributed by atoms with Gasteiger partial charge in [-0.1, -0.05) is 67.7 Å². The van der Waals surface area contributed by atoms with E-state index in [2.05, 4.69) is 37.5 Å². The molecule has 238 valence electrons. The second kappa shape index (κ2) is 12.4. The molecule has 1 saturated heterocycles. The van der Waals surface area contributed by atoms with Gasteiger partial charge in [-0.15, -0.1) is 0 Å². The zero-order valence-corrected chi connectivity index (χ0v) is 27.7. The highest BCUT2D eigenvalue weighted by atomic mass is 28.3. The number of carbonyl (C=O) groups excluding carboxylic acids is 2. The Labute approximate surface area is 271 Å². The first-order valence-corrected chi connectivity index (χ1v) is 18.8. The van der Waals surface area contributed by atoms with Crippen molar-refractivity contribution in [3.63, 3.8) is 0 Å². The minimum atomic E-state index is -2.24. The van der Waals surface area contributed by atoms with Gasteiger partial charge in [-0.2, -0.15) is 0 Å². The number of aliphatic hydroxyl groups excluding tert-OH is 1. The number of benzene rings is 4. The molecule has 1 fully saturated rings. The molecule has 4 aromatic rings. The van der Waals surface area contributed by atoms with Crippen LogP contribution in [-0.4, -0.2) is 44.8 Å². The van der Waals surface area contributed by atoms with E-state index in [1.165, 1.54) is 5.19 Å². The van der Waals surface area contributed by atoms with E-state index in [-0.39, 0.29) is 36.0 Å². The Balaban J connectivity index is 1.28. The smallest absolute Gasteiger partial charge is 0.264 e. The largest absolute Gasteiger partial charge is 0.497 e. The van der Waals surface area contributed by atoms with Crippen molar-refractivity contribution in [3.05, 3.63) is 114 Å². The molecule has 0 saturated carbocycles. The fourth-order valence-electron chi connectivity index (χ4n) is 7.54. The summed E-state index contributed by atoms with van der Waals surface area (Å²) < 4.78 is 12.4. The topological polar surface area (TPSA) is 114 Å². The monoisotopic (exact) mass is 635 g/mol. The summed E-state index contributed by atoms with van der Waals surface area (Å²) in [4.78, 5) is 29.2. The molecular weight excluding hydrogens is 595 g/mol. The van der Waals surface area contributed by atoms with Crippen molar-refractivity contribution in [1.82, 2.24) is 0 Å². The number of fused-ring (bicyclic) bond motifs is 2. The van der Waals surface area contributed by atoms with Gasteiger partial charge in [0.2, 0.25) is 0 Å². The Morgan fingerprint density at radius 2 is 1.67 bits per heavy atom. The van der Waals surface area contributed by atoms with Gasteiger partial charge in [0, 0.05) is 35.0 Å². The SMILES string of the molecule is COc1ccc([Si](C)(C)[C@H]2[C@H](CCO)O[C@@]3(C(=O)N(Cc4ccc(NC(=O)c5ccc(N)cc5)cc4)c4ccccc43)[C@@H]2C)cc1. The van der Waals surface area contributed by atoms with E-state index < -0.39 is 13.7 Å². The van der Waals surface area contributed by atoms with Crippen LogP contribution in [0.5, 0.6) is 5.75 Å². The van der Waals surface area contributed by atoms with E-state index in [0.29, 0.717) is 29.9 Å². The number of rotatable bonds is 9. The molecule has 0 unspecified atom stereocenters. The molecule has 2 aliphatic rings. The molecule has 2 amide bonds. The number of ether oxygens (including phenoxy) is 2. The molecule has 0 radical (unpaired) electrons. The van der Waals surface area contributed by atoms with Crippen LogP contribution in [0.2, 0.25) is 18.6 Å². The van der Waals surface area contributed by atoms with Crippen LogP contribution in [0, 0.1) is 5.92 Å². The highest BCUT2D eigenvalue weighted by molar-refractivity contribution is 6.91. The lowest BCUT2D eigenvalue weighted by Crippen LogP contribution is -2.51. The molecule has 1 spiro atoms. The number of aliphatic hydroxyl groups is 1. The maximum atomic E-state index is 14.7. The van der Waals surface area contributed by atoms with Crippen LogP contribution in [-0.2, 0) is 21.7 Å². The predicted octanol–water partition coefficient (Wildman–Crippen LogP) is 5.67. The zero-order valence-electron chi connectivity index (χ0n) is 26.7. The molecule has 0 aliphatic carbocycles. The molecule has 9 heteroatoms. The number of nitrogen functional groups attached to an aromatic ring is 1. The fourth-order valence-corrected chi connectivity index (χ4v) is 11.6. The molecule has 4 aromatic carbocycles. The Hall–Kier alpha value is -4.44. The third-order valence-corrected chi connectivity index (χ3v) is 14.2. The Morgan fingerprint density at radius 3 is 2.33 bits per heavy atom. The Morgan fingerprint density at radius 1 is 1.00 bits per heavy atom. The van der Waals surface area contributed by atoms with E-state index in [0.717, 1.165) is 22.6 Å². The highest BCUT2D eigenvalue weighted by Gasteiger charge is 2.66. The first-order chi connectivity index (χ1) is 22.1. The predicted molar refractivity (Wildman–Crippen MR) is 184 cm³/mol. The van der Waals surface area contributed by atoms with Crippen LogP contribution in [0.15, 0.2) is 97.1 Å².